The number of hydrogen-bond donors (Lipinski definition) is 1. The van der Waals surface area contributed by atoms with Gasteiger partial charge in [0.05, 0.1) is 5.94 Å². The van der Waals surface area contributed by atoms with Gasteiger partial charge in [0.25, 0.3) is 0 Å². The molecule has 0 amide bonds. The van der Waals surface area contributed by atoms with Gasteiger partial charge in [-0.1, -0.05) is 6.42 Å². The Kier molecular flexibility index (Phi) is 11.4. The molecule has 0 unspecified atom stereocenters. The molecule has 0 atom stereocenters. The van der Waals surface area contributed by atoms with Gasteiger partial charge in [0.1, 0.15) is 0 Å². The Hall–Kier alpha value is 0.504. The number of methoxy groups -OCH3 is 2. The summed E-state index contributed by atoms with van der Waals surface area (Å²) in [5.74, 6) is 0.338. The van der Waals surface area contributed by atoms with Gasteiger partial charge in [0, 0.05) is 55.6 Å². The SMILES string of the molecule is COC1(OC)CCCC[Si]1(OC)OC.CO[Si](C)(OC)OCS. The van der Waals surface area contributed by atoms with Crippen LogP contribution in [0.15, 0.2) is 0 Å². The summed E-state index contributed by atoms with van der Waals surface area (Å²) in [6.45, 7) is 1.81. The molecule has 1 heterocycles. The Labute approximate surface area is 147 Å². The first-order valence-corrected chi connectivity index (χ1v) is 12.3. The lowest BCUT2D eigenvalue weighted by Gasteiger charge is -2.46. The highest BCUT2D eigenvalue weighted by molar-refractivity contribution is 7.80. The van der Waals surface area contributed by atoms with E-state index in [-0.39, 0.29) is 0 Å². The van der Waals surface area contributed by atoms with Crippen LogP contribution in [0.4, 0.5) is 0 Å². The Bertz CT molecular complexity index is 291. The van der Waals surface area contributed by atoms with Gasteiger partial charge >= 0.3 is 17.4 Å². The number of hydrogen-bond acceptors (Lipinski definition) is 8. The predicted octanol–water partition coefficient (Wildman–Crippen LogP) is 2.19. The molecule has 0 aromatic carbocycles. The van der Waals surface area contributed by atoms with Crippen molar-refractivity contribution in [3.63, 3.8) is 0 Å². The number of ether oxygens (including phenoxy) is 2. The standard InChI is InChI=1S/C9H20O4Si.C4H12O3SSi/c1-10-9(11-2)7-5-6-8-14(9,12-3)13-4;1-5-9(3,6-2)7-4-8/h5-8H2,1-4H3;8H,4H2,1-3H3. The first-order valence-electron chi connectivity index (χ1n) is 7.44. The van der Waals surface area contributed by atoms with E-state index in [9.17, 15) is 0 Å². The minimum absolute atomic E-state index is 0.338. The van der Waals surface area contributed by atoms with Crippen molar-refractivity contribution in [2.24, 2.45) is 0 Å². The van der Waals surface area contributed by atoms with Crippen LogP contribution in [0, 0.1) is 0 Å². The van der Waals surface area contributed by atoms with Crippen LogP contribution < -0.4 is 0 Å². The smallest absolute Gasteiger partial charge is 0.395 e. The van der Waals surface area contributed by atoms with Crippen LogP contribution in [-0.2, 0) is 31.6 Å². The van der Waals surface area contributed by atoms with Crippen molar-refractivity contribution < 1.29 is 31.6 Å². The Morgan fingerprint density at radius 1 is 0.957 bits per heavy atom. The van der Waals surface area contributed by atoms with Crippen LogP contribution >= 0.6 is 12.6 Å². The highest BCUT2D eigenvalue weighted by Gasteiger charge is 2.60. The van der Waals surface area contributed by atoms with Crippen LogP contribution in [0.1, 0.15) is 19.3 Å². The summed E-state index contributed by atoms with van der Waals surface area (Å²) in [6, 6.07) is 0.932. The molecule has 23 heavy (non-hydrogen) atoms. The summed E-state index contributed by atoms with van der Waals surface area (Å²) >= 11 is 3.87. The van der Waals surface area contributed by atoms with Gasteiger partial charge in [-0.05, 0) is 12.5 Å². The normalized spacial score (nSPS) is 19.8. The summed E-state index contributed by atoms with van der Waals surface area (Å²) < 4.78 is 37.2. The van der Waals surface area contributed by atoms with Crippen LogP contribution in [0.3, 0.4) is 0 Å². The molecule has 10 heteroatoms. The maximum Gasteiger partial charge on any atom is 0.497 e. The van der Waals surface area contributed by atoms with Crippen molar-refractivity contribution in [3.05, 3.63) is 0 Å². The molecule has 140 valence electrons. The van der Waals surface area contributed by atoms with E-state index in [1.165, 1.54) is 0 Å². The molecule has 0 aromatic heterocycles. The lowest BCUT2D eigenvalue weighted by atomic mass is 10.2. The van der Waals surface area contributed by atoms with Crippen molar-refractivity contribution in [1.29, 1.82) is 0 Å². The first-order chi connectivity index (χ1) is 10.9. The van der Waals surface area contributed by atoms with Crippen molar-refractivity contribution in [2.45, 2.75) is 37.3 Å². The van der Waals surface area contributed by atoms with E-state index in [2.05, 4.69) is 12.6 Å². The third-order valence-electron chi connectivity index (χ3n) is 4.23. The Morgan fingerprint density at radius 3 is 1.74 bits per heavy atom. The summed E-state index contributed by atoms with van der Waals surface area (Å²) in [6.07, 6.45) is 3.08. The second-order valence-electron chi connectivity index (χ2n) is 5.07. The molecule has 0 N–H and O–H groups in total. The van der Waals surface area contributed by atoms with Crippen LogP contribution in [0.2, 0.25) is 12.6 Å². The third-order valence-corrected chi connectivity index (χ3v) is 10.9. The molecule has 0 radical (unpaired) electrons. The molecular weight excluding hydrogens is 356 g/mol. The van der Waals surface area contributed by atoms with Crippen molar-refractivity contribution in [3.8, 4) is 0 Å². The number of thiol groups is 1. The molecule has 0 aliphatic carbocycles. The second kappa shape index (κ2) is 11.2. The first kappa shape index (κ1) is 23.5. The molecule has 0 aromatic rings. The molecule has 0 bridgehead atoms. The average Bonchev–Trinajstić information content (AvgIpc) is 2.62. The van der Waals surface area contributed by atoms with Gasteiger partial charge < -0.3 is 31.6 Å². The zero-order chi connectivity index (χ0) is 18.0. The third kappa shape index (κ3) is 5.77. The quantitative estimate of drug-likeness (QED) is 0.388. The van der Waals surface area contributed by atoms with E-state index in [0.717, 1.165) is 25.3 Å². The van der Waals surface area contributed by atoms with Gasteiger partial charge in [-0.15, -0.1) is 0 Å². The Balaban J connectivity index is 0.000000468. The Morgan fingerprint density at radius 2 is 1.48 bits per heavy atom. The van der Waals surface area contributed by atoms with Crippen LogP contribution in [0.25, 0.3) is 0 Å². The minimum atomic E-state index is -2.35. The molecule has 7 nitrogen and oxygen atoms in total. The fourth-order valence-electron chi connectivity index (χ4n) is 2.61. The topological polar surface area (TPSA) is 64.6 Å². The lowest BCUT2D eigenvalue weighted by Crippen LogP contribution is -2.65. The largest absolute Gasteiger partial charge is 0.497 e. The van der Waals surface area contributed by atoms with E-state index in [4.69, 9.17) is 31.6 Å². The second-order valence-corrected chi connectivity index (χ2v) is 11.7. The summed E-state index contributed by atoms with van der Waals surface area (Å²) in [7, 11) is 5.21. The molecule has 1 aliphatic rings. The van der Waals surface area contributed by atoms with Crippen molar-refractivity contribution in [2.75, 3.05) is 48.6 Å². The molecule has 1 aliphatic heterocycles. The molecule has 1 fully saturated rings. The average molecular weight is 389 g/mol. The monoisotopic (exact) mass is 388 g/mol. The van der Waals surface area contributed by atoms with Gasteiger partial charge in [-0.3, -0.25) is 0 Å². The zero-order valence-corrected chi connectivity index (χ0v) is 18.2. The minimum Gasteiger partial charge on any atom is -0.395 e. The lowest BCUT2D eigenvalue weighted by molar-refractivity contribution is -0.183. The highest BCUT2D eigenvalue weighted by atomic mass is 32.1. The summed E-state index contributed by atoms with van der Waals surface area (Å²) in [4.78, 5) is 0. The molecular formula is C13H32O7SSi2. The van der Waals surface area contributed by atoms with Crippen molar-refractivity contribution in [1.82, 2.24) is 0 Å². The molecule has 1 rings (SSSR count). The fraction of sp³-hybridized carbons (Fsp3) is 1.00. The van der Waals surface area contributed by atoms with E-state index in [0.29, 0.717) is 5.94 Å². The number of rotatable bonds is 8. The highest BCUT2D eigenvalue weighted by Crippen LogP contribution is 2.40. The molecule has 0 saturated carbocycles. The molecule has 0 spiro atoms. The van der Waals surface area contributed by atoms with Crippen molar-refractivity contribution >= 4 is 30.0 Å². The van der Waals surface area contributed by atoms with E-state index >= 15 is 0 Å². The summed E-state index contributed by atoms with van der Waals surface area (Å²) in [5, 5.41) is 0. The maximum absolute atomic E-state index is 5.59. The fourth-order valence-corrected chi connectivity index (χ4v) is 7.43. The van der Waals surface area contributed by atoms with Gasteiger partial charge in [0.15, 0.2) is 0 Å². The van der Waals surface area contributed by atoms with E-state index in [1.54, 1.807) is 42.7 Å². The van der Waals surface area contributed by atoms with E-state index < -0.39 is 22.8 Å². The van der Waals surface area contributed by atoms with Gasteiger partial charge in [-0.25, -0.2) is 0 Å². The van der Waals surface area contributed by atoms with Gasteiger partial charge in [0.2, 0.25) is 5.41 Å². The summed E-state index contributed by atoms with van der Waals surface area (Å²) in [5.41, 5.74) is -0.630. The zero-order valence-electron chi connectivity index (χ0n) is 15.3. The molecule has 1 saturated heterocycles. The van der Waals surface area contributed by atoms with Crippen LogP contribution in [0.5, 0.6) is 0 Å². The van der Waals surface area contributed by atoms with E-state index in [1.807, 2.05) is 6.55 Å². The van der Waals surface area contributed by atoms with Gasteiger partial charge in [-0.2, -0.15) is 12.6 Å². The predicted molar refractivity (Wildman–Crippen MR) is 95.8 cm³/mol. The van der Waals surface area contributed by atoms with Crippen LogP contribution in [-0.4, -0.2) is 71.4 Å². The maximum atomic E-state index is 5.59.